The first-order chi connectivity index (χ1) is 13.4. The minimum absolute atomic E-state index is 0.123. The van der Waals surface area contributed by atoms with Crippen molar-refractivity contribution in [1.82, 2.24) is 5.32 Å². The number of hydrogen-bond acceptors (Lipinski definition) is 5. The van der Waals surface area contributed by atoms with Crippen LogP contribution in [-0.4, -0.2) is 37.6 Å². The van der Waals surface area contributed by atoms with Gasteiger partial charge in [-0.3, -0.25) is 14.9 Å². The van der Waals surface area contributed by atoms with E-state index in [1.807, 2.05) is 24.3 Å². The lowest BCUT2D eigenvalue weighted by molar-refractivity contribution is -0.384. The van der Waals surface area contributed by atoms with E-state index in [-0.39, 0.29) is 22.6 Å². The molecule has 2 aromatic carbocycles. The van der Waals surface area contributed by atoms with Crippen LogP contribution in [0, 0.1) is 10.1 Å². The number of nitrogens with one attached hydrogen (secondary N) is 2. The summed E-state index contributed by atoms with van der Waals surface area (Å²) in [4.78, 5) is 22.8. The van der Waals surface area contributed by atoms with Crippen LogP contribution >= 0.6 is 11.6 Å². The minimum Gasteiger partial charge on any atom is -0.383 e. The quantitative estimate of drug-likeness (QED) is 0.565. The summed E-state index contributed by atoms with van der Waals surface area (Å²) in [7, 11) is 1.50. The Morgan fingerprint density at radius 3 is 2.50 bits per heavy atom. The number of carbonyl (C=O) groups is 1. The van der Waals surface area contributed by atoms with E-state index in [1.165, 1.54) is 19.2 Å². The van der Waals surface area contributed by atoms with Gasteiger partial charge in [0.2, 0.25) is 0 Å². The van der Waals surface area contributed by atoms with Crippen molar-refractivity contribution in [2.24, 2.45) is 0 Å². The van der Waals surface area contributed by atoms with E-state index in [2.05, 4.69) is 10.6 Å². The molecule has 2 N–H and O–H groups in total. The zero-order valence-electron chi connectivity index (χ0n) is 15.5. The summed E-state index contributed by atoms with van der Waals surface area (Å²) in [5.41, 5.74) is 1.66. The van der Waals surface area contributed by atoms with Gasteiger partial charge in [0.1, 0.15) is 0 Å². The first kappa shape index (κ1) is 20.1. The molecule has 7 nitrogen and oxygen atoms in total. The van der Waals surface area contributed by atoms with Gasteiger partial charge >= 0.3 is 0 Å². The first-order valence-electron chi connectivity index (χ1n) is 9.03. The number of nitro groups is 1. The predicted octanol–water partition coefficient (Wildman–Crippen LogP) is 3.77. The summed E-state index contributed by atoms with van der Waals surface area (Å²) in [6, 6.07) is 12.0. The fourth-order valence-corrected chi connectivity index (χ4v) is 3.65. The highest BCUT2D eigenvalue weighted by Gasteiger charge is 2.34. The average molecular weight is 404 g/mol. The van der Waals surface area contributed by atoms with E-state index < -0.39 is 4.92 Å². The van der Waals surface area contributed by atoms with Crippen molar-refractivity contribution in [3.05, 3.63) is 68.7 Å². The highest BCUT2D eigenvalue weighted by Crippen LogP contribution is 2.36. The zero-order valence-corrected chi connectivity index (χ0v) is 16.3. The van der Waals surface area contributed by atoms with Crippen LogP contribution in [0.3, 0.4) is 0 Å². The molecule has 0 radical (unpaired) electrons. The molecule has 8 heteroatoms. The Kier molecular flexibility index (Phi) is 6.16. The Hall–Kier alpha value is -2.64. The van der Waals surface area contributed by atoms with Gasteiger partial charge in [-0.15, -0.1) is 0 Å². The molecule has 148 valence electrons. The summed E-state index contributed by atoms with van der Waals surface area (Å²) >= 11 is 6.04. The first-order valence-corrected chi connectivity index (χ1v) is 9.41. The third-order valence-electron chi connectivity index (χ3n) is 5.21. The van der Waals surface area contributed by atoms with Crippen molar-refractivity contribution in [1.29, 1.82) is 0 Å². The summed E-state index contributed by atoms with van der Waals surface area (Å²) in [5, 5.41) is 17.6. The number of carbonyl (C=O) groups excluding carboxylic acids is 1. The lowest BCUT2D eigenvalue weighted by atomic mass is 9.74. The molecule has 1 aliphatic rings. The normalized spacial score (nSPS) is 15.6. The minimum atomic E-state index is -0.510. The summed E-state index contributed by atoms with van der Waals surface area (Å²) in [6.45, 7) is 1.86. The van der Waals surface area contributed by atoms with Crippen LogP contribution in [0.25, 0.3) is 0 Å². The molecule has 1 amide bonds. The van der Waals surface area contributed by atoms with Crippen molar-refractivity contribution < 1.29 is 14.5 Å². The molecule has 2 aromatic rings. The Balaban J connectivity index is 1.90. The summed E-state index contributed by atoms with van der Waals surface area (Å²) in [5.74, 6) is -0.376. The van der Waals surface area contributed by atoms with Crippen molar-refractivity contribution in [3.63, 3.8) is 0 Å². The number of amides is 1. The van der Waals surface area contributed by atoms with Gasteiger partial charge in [0.15, 0.2) is 0 Å². The zero-order chi connectivity index (χ0) is 20.1. The van der Waals surface area contributed by atoms with Crippen LogP contribution < -0.4 is 10.6 Å². The van der Waals surface area contributed by atoms with Crippen LogP contribution in [0.5, 0.6) is 0 Å². The number of benzene rings is 2. The van der Waals surface area contributed by atoms with E-state index in [0.717, 1.165) is 18.4 Å². The van der Waals surface area contributed by atoms with Crippen molar-refractivity contribution in [2.45, 2.75) is 18.3 Å². The van der Waals surface area contributed by atoms with Gasteiger partial charge in [0, 0.05) is 55.1 Å². The van der Waals surface area contributed by atoms with Crippen molar-refractivity contribution in [3.8, 4) is 0 Å². The van der Waals surface area contributed by atoms with E-state index in [4.69, 9.17) is 16.3 Å². The molecule has 0 aromatic heterocycles. The molecule has 1 aliphatic heterocycles. The molecule has 0 bridgehead atoms. The van der Waals surface area contributed by atoms with E-state index >= 15 is 0 Å². The highest BCUT2D eigenvalue weighted by molar-refractivity contribution is 6.30. The number of anilines is 1. The molecule has 0 atom stereocenters. The molecule has 1 saturated heterocycles. The number of ether oxygens (including phenoxy) is 1. The molecule has 1 heterocycles. The second kappa shape index (κ2) is 8.58. The molecule has 1 fully saturated rings. The molecular weight excluding hydrogens is 382 g/mol. The molecule has 28 heavy (non-hydrogen) atoms. The van der Waals surface area contributed by atoms with Crippen LogP contribution in [-0.2, 0) is 10.2 Å². The maximum absolute atomic E-state index is 12.2. The standard InChI is InChI=1S/C20H22ClN3O4/c1-22-19(25)17-12-16(24(26)27)6-7-18(17)23-13-20(8-10-28-11-9-20)14-2-4-15(21)5-3-14/h2-7,12,23H,8-11,13H2,1H3,(H,22,25). The van der Waals surface area contributed by atoms with Gasteiger partial charge in [-0.2, -0.15) is 0 Å². The number of hydrogen-bond donors (Lipinski definition) is 2. The molecule has 0 saturated carbocycles. The van der Waals surface area contributed by atoms with Gasteiger partial charge in [-0.25, -0.2) is 0 Å². The third kappa shape index (κ3) is 4.26. The van der Waals surface area contributed by atoms with Gasteiger partial charge in [0.25, 0.3) is 11.6 Å². The molecule has 0 spiro atoms. The van der Waals surface area contributed by atoms with Gasteiger partial charge in [-0.05, 0) is 36.6 Å². The predicted molar refractivity (Wildman–Crippen MR) is 108 cm³/mol. The monoisotopic (exact) mass is 403 g/mol. The average Bonchev–Trinajstić information content (AvgIpc) is 2.72. The SMILES string of the molecule is CNC(=O)c1cc([N+](=O)[O-])ccc1NCC1(c2ccc(Cl)cc2)CCOCC1. The Morgan fingerprint density at radius 2 is 1.89 bits per heavy atom. The maximum atomic E-state index is 12.2. The van der Waals surface area contributed by atoms with Crippen LogP contribution in [0.15, 0.2) is 42.5 Å². The number of rotatable bonds is 6. The van der Waals surface area contributed by atoms with Crippen LogP contribution in [0.4, 0.5) is 11.4 Å². The number of nitro benzene ring substituents is 1. The Bertz CT molecular complexity index is 864. The highest BCUT2D eigenvalue weighted by atomic mass is 35.5. The van der Waals surface area contributed by atoms with E-state index in [9.17, 15) is 14.9 Å². The van der Waals surface area contributed by atoms with Crippen molar-refractivity contribution in [2.75, 3.05) is 32.1 Å². The summed E-state index contributed by atoms with van der Waals surface area (Å²) in [6.07, 6.45) is 1.65. The number of nitrogens with zero attached hydrogens (tertiary/aromatic N) is 1. The maximum Gasteiger partial charge on any atom is 0.270 e. The van der Waals surface area contributed by atoms with Crippen LogP contribution in [0.1, 0.15) is 28.8 Å². The lowest BCUT2D eigenvalue weighted by Gasteiger charge is -2.38. The van der Waals surface area contributed by atoms with Crippen molar-refractivity contribution >= 4 is 28.9 Å². The fraction of sp³-hybridized carbons (Fsp3) is 0.350. The van der Waals surface area contributed by atoms with Gasteiger partial charge < -0.3 is 15.4 Å². The lowest BCUT2D eigenvalue weighted by Crippen LogP contribution is -2.40. The second-order valence-corrected chi connectivity index (χ2v) is 7.26. The molecular formula is C20H22ClN3O4. The molecule has 0 aliphatic carbocycles. The van der Waals surface area contributed by atoms with Crippen LogP contribution in [0.2, 0.25) is 5.02 Å². The Labute approximate surface area is 168 Å². The van der Waals surface area contributed by atoms with Gasteiger partial charge in [0.05, 0.1) is 10.5 Å². The Morgan fingerprint density at radius 1 is 1.21 bits per heavy atom. The number of halogens is 1. The second-order valence-electron chi connectivity index (χ2n) is 6.82. The van der Waals surface area contributed by atoms with E-state index in [1.54, 1.807) is 6.07 Å². The third-order valence-corrected chi connectivity index (χ3v) is 5.46. The summed E-state index contributed by atoms with van der Waals surface area (Å²) < 4.78 is 5.55. The molecule has 3 rings (SSSR count). The largest absolute Gasteiger partial charge is 0.383 e. The molecule has 0 unspecified atom stereocenters. The fourth-order valence-electron chi connectivity index (χ4n) is 3.52. The topological polar surface area (TPSA) is 93.5 Å². The smallest absolute Gasteiger partial charge is 0.270 e. The van der Waals surface area contributed by atoms with Gasteiger partial charge in [-0.1, -0.05) is 23.7 Å². The van der Waals surface area contributed by atoms with E-state index in [0.29, 0.717) is 30.5 Å². The number of non-ortho nitro benzene ring substituents is 1.